The van der Waals surface area contributed by atoms with Crippen molar-refractivity contribution >= 4 is 39.4 Å². The van der Waals surface area contributed by atoms with Crippen LogP contribution in [0.15, 0.2) is 11.6 Å². The second-order valence-corrected chi connectivity index (χ2v) is 5.19. The molecule has 0 aliphatic heterocycles. The SMILES string of the molecule is Cn1nc(I)c(C(O)/C(=C\CNCC(F)F)C(=N)Cl)n1. The first-order valence-corrected chi connectivity index (χ1v) is 6.96. The minimum absolute atomic E-state index is 0.0582. The summed E-state index contributed by atoms with van der Waals surface area (Å²) in [6.45, 7) is -0.416. The van der Waals surface area contributed by atoms with Crippen molar-refractivity contribution in [1.29, 1.82) is 5.41 Å². The van der Waals surface area contributed by atoms with Gasteiger partial charge in [0.25, 0.3) is 6.43 Å². The van der Waals surface area contributed by atoms with Crippen LogP contribution in [0, 0.1) is 9.11 Å². The molecule has 1 aromatic heterocycles. The molecule has 1 unspecified atom stereocenters. The van der Waals surface area contributed by atoms with Crippen LogP contribution in [0.25, 0.3) is 0 Å². The third-order valence-corrected chi connectivity index (χ3v) is 3.25. The second kappa shape index (κ2) is 7.96. The molecule has 0 aliphatic rings. The Balaban J connectivity index is 2.82. The highest BCUT2D eigenvalue weighted by Gasteiger charge is 2.22. The molecule has 0 aromatic carbocycles. The average Bonchev–Trinajstić information content (AvgIpc) is 2.66. The fraction of sp³-hybridized carbons (Fsp3) is 0.500. The number of aliphatic hydroxyl groups is 1. The maximum absolute atomic E-state index is 12.0. The molecule has 0 bridgehead atoms. The van der Waals surface area contributed by atoms with Gasteiger partial charge >= 0.3 is 0 Å². The van der Waals surface area contributed by atoms with Crippen LogP contribution in [0.4, 0.5) is 8.78 Å². The van der Waals surface area contributed by atoms with Gasteiger partial charge < -0.3 is 10.4 Å². The summed E-state index contributed by atoms with van der Waals surface area (Å²) in [6, 6.07) is 0. The van der Waals surface area contributed by atoms with E-state index in [-0.39, 0.29) is 23.0 Å². The lowest BCUT2D eigenvalue weighted by Crippen LogP contribution is -2.22. The topological polar surface area (TPSA) is 86.8 Å². The molecule has 0 amide bonds. The molecule has 1 heterocycles. The van der Waals surface area contributed by atoms with Gasteiger partial charge in [0.05, 0.1) is 6.54 Å². The van der Waals surface area contributed by atoms with Gasteiger partial charge in [0, 0.05) is 19.2 Å². The molecule has 3 N–H and O–H groups in total. The van der Waals surface area contributed by atoms with E-state index in [0.717, 1.165) is 0 Å². The third kappa shape index (κ3) is 5.04. The Morgan fingerprint density at radius 3 is 2.70 bits per heavy atom. The molecule has 0 spiro atoms. The lowest BCUT2D eigenvalue weighted by molar-refractivity contribution is 0.147. The first kappa shape index (κ1) is 17.4. The number of rotatable bonds is 7. The quantitative estimate of drug-likeness (QED) is 0.355. The summed E-state index contributed by atoms with van der Waals surface area (Å²) in [5.74, 6) is 0. The van der Waals surface area contributed by atoms with Crippen LogP contribution in [-0.2, 0) is 7.05 Å². The third-order valence-electron chi connectivity index (χ3n) is 2.27. The number of alkyl halides is 2. The van der Waals surface area contributed by atoms with E-state index in [1.165, 1.54) is 10.9 Å². The van der Waals surface area contributed by atoms with Crippen molar-refractivity contribution in [3.8, 4) is 0 Å². The molecule has 10 heteroatoms. The van der Waals surface area contributed by atoms with E-state index in [9.17, 15) is 13.9 Å². The number of nitrogens with one attached hydrogen (secondary N) is 2. The molecule has 1 aromatic rings. The Morgan fingerprint density at radius 2 is 2.25 bits per heavy atom. The summed E-state index contributed by atoms with van der Waals surface area (Å²) in [5, 5.41) is 27.6. The molecule has 20 heavy (non-hydrogen) atoms. The van der Waals surface area contributed by atoms with Crippen molar-refractivity contribution in [2.24, 2.45) is 7.05 Å². The monoisotopic (exact) mass is 419 g/mol. The second-order valence-electron chi connectivity index (χ2n) is 3.79. The first-order valence-electron chi connectivity index (χ1n) is 5.51. The van der Waals surface area contributed by atoms with E-state index in [4.69, 9.17) is 17.0 Å². The molecule has 0 aliphatic carbocycles. The van der Waals surface area contributed by atoms with Crippen molar-refractivity contribution in [1.82, 2.24) is 20.3 Å². The highest BCUT2D eigenvalue weighted by molar-refractivity contribution is 14.1. The normalized spacial score (nSPS) is 13.8. The van der Waals surface area contributed by atoms with E-state index >= 15 is 0 Å². The Bertz CT molecular complexity index is 508. The number of nitrogens with zero attached hydrogens (tertiary/aromatic N) is 3. The summed E-state index contributed by atoms with van der Waals surface area (Å²) in [5.41, 5.74) is 0.352. The zero-order chi connectivity index (χ0) is 15.3. The number of hydrogen-bond acceptors (Lipinski definition) is 5. The Labute approximate surface area is 132 Å². The number of hydrogen-bond donors (Lipinski definition) is 3. The molecule has 0 fully saturated rings. The molecular weight excluding hydrogens is 406 g/mol. The summed E-state index contributed by atoms with van der Waals surface area (Å²) in [7, 11) is 1.60. The summed E-state index contributed by atoms with van der Waals surface area (Å²) >= 11 is 7.51. The van der Waals surface area contributed by atoms with Crippen molar-refractivity contribution in [2.75, 3.05) is 13.1 Å². The molecule has 0 saturated carbocycles. The van der Waals surface area contributed by atoms with E-state index in [1.807, 2.05) is 22.6 Å². The van der Waals surface area contributed by atoms with Crippen LogP contribution in [0.2, 0.25) is 0 Å². The van der Waals surface area contributed by atoms with Crippen LogP contribution in [0.5, 0.6) is 0 Å². The molecule has 1 atom stereocenters. The Hall–Kier alpha value is -0.650. The molecule has 1 rings (SSSR count). The summed E-state index contributed by atoms with van der Waals surface area (Å²) in [6.07, 6.45) is -2.31. The standard InChI is InChI=1S/C10H13ClF2IN5O/c1-19-17-7(10(14)18-19)8(20)5(9(11)15)2-3-16-4-6(12)13/h2,6,8,15-16,20H,3-4H2,1H3/b5-2+,15-9?. The van der Waals surface area contributed by atoms with E-state index in [2.05, 4.69) is 15.5 Å². The first-order chi connectivity index (χ1) is 9.32. The minimum atomic E-state index is -2.46. The van der Waals surface area contributed by atoms with Crippen molar-refractivity contribution < 1.29 is 13.9 Å². The van der Waals surface area contributed by atoms with Gasteiger partial charge in [-0.1, -0.05) is 17.7 Å². The average molecular weight is 420 g/mol. The Kier molecular flexibility index (Phi) is 6.92. The van der Waals surface area contributed by atoms with Gasteiger partial charge in [0.2, 0.25) is 0 Å². The van der Waals surface area contributed by atoms with Crippen molar-refractivity contribution in [3.05, 3.63) is 21.0 Å². The Morgan fingerprint density at radius 1 is 1.60 bits per heavy atom. The van der Waals surface area contributed by atoms with Crippen molar-refractivity contribution in [3.63, 3.8) is 0 Å². The highest BCUT2D eigenvalue weighted by Crippen LogP contribution is 2.24. The lowest BCUT2D eigenvalue weighted by Gasteiger charge is -2.11. The smallest absolute Gasteiger partial charge is 0.250 e. The fourth-order valence-electron chi connectivity index (χ4n) is 1.41. The minimum Gasteiger partial charge on any atom is -0.382 e. The van der Waals surface area contributed by atoms with Crippen LogP contribution >= 0.6 is 34.2 Å². The molecule has 112 valence electrons. The van der Waals surface area contributed by atoms with Gasteiger partial charge in [-0.15, -0.1) is 5.10 Å². The molecular formula is C10H13ClF2IN5O. The zero-order valence-corrected chi connectivity index (χ0v) is 13.4. The van der Waals surface area contributed by atoms with Gasteiger partial charge in [0.15, 0.2) is 0 Å². The van der Waals surface area contributed by atoms with Gasteiger partial charge in [-0.25, -0.2) is 8.78 Å². The van der Waals surface area contributed by atoms with Gasteiger partial charge in [-0.05, 0) is 22.6 Å². The lowest BCUT2D eigenvalue weighted by atomic mass is 10.1. The van der Waals surface area contributed by atoms with E-state index in [1.54, 1.807) is 7.05 Å². The number of aryl methyl sites for hydroxylation is 1. The predicted molar refractivity (Wildman–Crippen MR) is 79.2 cm³/mol. The van der Waals surface area contributed by atoms with E-state index in [0.29, 0.717) is 3.70 Å². The molecule has 6 nitrogen and oxygen atoms in total. The summed E-state index contributed by atoms with van der Waals surface area (Å²) in [4.78, 5) is 1.28. The van der Waals surface area contributed by atoms with Gasteiger partial charge in [0.1, 0.15) is 20.7 Å². The van der Waals surface area contributed by atoms with Crippen LogP contribution in [0.3, 0.4) is 0 Å². The largest absolute Gasteiger partial charge is 0.382 e. The van der Waals surface area contributed by atoms with Gasteiger partial charge in [-0.2, -0.15) is 9.90 Å². The van der Waals surface area contributed by atoms with Crippen LogP contribution < -0.4 is 5.32 Å². The number of halogens is 4. The summed E-state index contributed by atoms with van der Waals surface area (Å²) < 4.78 is 24.4. The predicted octanol–water partition coefficient (Wildman–Crippen LogP) is 1.45. The molecule has 0 saturated heterocycles. The van der Waals surface area contributed by atoms with Crippen LogP contribution in [0.1, 0.15) is 11.8 Å². The van der Waals surface area contributed by atoms with E-state index < -0.39 is 19.1 Å². The van der Waals surface area contributed by atoms with Crippen LogP contribution in [-0.4, -0.2) is 44.8 Å². The fourth-order valence-corrected chi connectivity index (χ4v) is 2.30. The maximum Gasteiger partial charge on any atom is 0.250 e. The molecule has 0 radical (unpaired) electrons. The van der Waals surface area contributed by atoms with Gasteiger partial charge in [-0.3, -0.25) is 5.41 Å². The number of aliphatic hydroxyl groups excluding tert-OH is 1. The maximum atomic E-state index is 12.0. The zero-order valence-electron chi connectivity index (χ0n) is 10.4. The van der Waals surface area contributed by atoms with Crippen molar-refractivity contribution in [2.45, 2.75) is 12.5 Å². The number of aromatic nitrogens is 3. The highest BCUT2D eigenvalue weighted by atomic mass is 127.